The number of para-hydroxylation sites is 1. The maximum absolute atomic E-state index is 13.8. The highest BCUT2D eigenvalue weighted by atomic mass is 32.1. The number of benzene rings is 2. The van der Waals surface area contributed by atoms with Crippen LogP contribution in [0.2, 0.25) is 0 Å². The molecule has 37 heavy (non-hydrogen) atoms. The Balaban J connectivity index is 1.68. The van der Waals surface area contributed by atoms with E-state index in [9.17, 15) is 14.4 Å². The molecule has 9 heteroatoms. The van der Waals surface area contributed by atoms with Gasteiger partial charge in [0.2, 0.25) is 0 Å². The maximum atomic E-state index is 13.8. The van der Waals surface area contributed by atoms with Crippen molar-refractivity contribution in [2.24, 2.45) is 4.99 Å². The van der Waals surface area contributed by atoms with Crippen molar-refractivity contribution in [2.75, 3.05) is 14.2 Å². The van der Waals surface area contributed by atoms with Crippen LogP contribution < -0.4 is 19.6 Å². The SMILES string of the molecule is COC(=O)C1=C(C)N=c2sc(=CC3=Cc4ccccc4OC3C)c(=O)n2C1c1ccc(C(=O)OC)cc1. The Morgan fingerprint density at radius 1 is 1.05 bits per heavy atom. The van der Waals surface area contributed by atoms with E-state index < -0.39 is 18.0 Å². The first-order chi connectivity index (χ1) is 17.8. The monoisotopic (exact) mass is 516 g/mol. The van der Waals surface area contributed by atoms with Crippen molar-refractivity contribution in [3.63, 3.8) is 0 Å². The van der Waals surface area contributed by atoms with Gasteiger partial charge in [-0.3, -0.25) is 9.36 Å². The molecule has 0 bridgehead atoms. The number of methoxy groups -OCH3 is 2. The average Bonchev–Trinajstić information content (AvgIpc) is 3.21. The first-order valence-corrected chi connectivity index (χ1v) is 12.4. The number of hydrogen-bond acceptors (Lipinski definition) is 8. The third-order valence-electron chi connectivity index (χ3n) is 6.39. The van der Waals surface area contributed by atoms with E-state index >= 15 is 0 Å². The Morgan fingerprint density at radius 3 is 2.46 bits per heavy atom. The third kappa shape index (κ3) is 4.31. The molecule has 3 aromatic rings. The van der Waals surface area contributed by atoms with Gasteiger partial charge >= 0.3 is 11.9 Å². The van der Waals surface area contributed by atoms with Gasteiger partial charge in [-0.15, -0.1) is 0 Å². The van der Waals surface area contributed by atoms with Crippen LogP contribution in [0.3, 0.4) is 0 Å². The highest BCUT2D eigenvalue weighted by Gasteiger charge is 2.33. The Kier molecular flexibility index (Phi) is 6.39. The Bertz CT molecular complexity index is 1660. The minimum absolute atomic E-state index is 0.248. The largest absolute Gasteiger partial charge is 0.485 e. The van der Waals surface area contributed by atoms with Crippen molar-refractivity contribution >= 4 is 35.4 Å². The molecule has 2 aromatic carbocycles. The highest BCUT2D eigenvalue weighted by molar-refractivity contribution is 7.07. The fraction of sp³-hybridized carbons (Fsp3) is 0.214. The van der Waals surface area contributed by atoms with Crippen LogP contribution in [0.5, 0.6) is 5.75 Å². The van der Waals surface area contributed by atoms with Crippen LogP contribution in [0, 0.1) is 0 Å². The van der Waals surface area contributed by atoms with Gasteiger partial charge in [-0.25, -0.2) is 14.6 Å². The molecule has 0 N–H and O–H groups in total. The zero-order chi connectivity index (χ0) is 26.3. The summed E-state index contributed by atoms with van der Waals surface area (Å²) in [7, 11) is 2.60. The Morgan fingerprint density at radius 2 is 1.76 bits per heavy atom. The van der Waals surface area contributed by atoms with E-state index in [1.807, 2.05) is 43.3 Å². The second kappa shape index (κ2) is 9.67. The Hall–Kier alpha value is -4.24. The normalized spacial score (nSPS) is 18.7. The summed E-state index contributed by atoms with van der Waals surface area (Å²) in [6, 6.07) is 13.6. The smallest absolute Gasteiger partial charge is 0.338 e. The van der Waals surface area contributed by atoms with Crippen molar-refractivity contribution < 1.29 is 23.8 Å². The zero-order valence-corrected chi connectivity index (χ0v) is 21.5. The molecule has 0 aliphatic carbocycles. The van der Waals surface area contributed by atoms with Gasteiger partial charge in [-0.05, 0) is 55.3 Å². The number of ether oxygens (including phenoxy) is 3. The molecule has 0 spiro atoms. The third-order valence-corrected chi connectivity index (χ3v) is 7.37. The van der Waals surface area contributed by atoms with Crippen LogP contribution in [0.1, 0.15) is 41.4 Å². The summed E-state index contributed by atoms with van der Waals surface area (Å²) < 4.78 is 17.8. The van der Waals surface area contributed by atoms with Gasteiger partial charge in [0.05, 0.1) is 41.6 Å². The summed E-state index contributed by atoms with van der Waals surface area (Å²) in [4.78, 5) is 43.6. The number of rotatable bonds is 4. The molecule has 2 unspecified atom stereocenters. The van der Waals surface area contributed by atoms with Gasteiger partial charge in [-0.2, -0.15) is 0 Å². The second-order valence-corrected chi connectivity index (χ2v) is 9.64. The molecule has 0 fully saturated rings. The average molecular weight is 517 g/mol. The summed E-state index contributed by atoms with van der Waals surface area (Å²) in [6.45, 7) is 3.65. The molecule has 2 aliphatic heterocycles. The molecular formula is C28H24N2O6S. The lowest BCUT2D eigenvalue weighted by Gasteiger charge is -2.24. The van der Waals surface area contributed by atoms with E-state index in [0.29, 0.717) is 26.2 Å². The summed E-state index contributed by atoms with van der Waals surface area (Å²) >= 11 is 1.25. The number of carbonyl (C=O) groups is 2. The number of fused-ring (bicyclic) bond motifs is 2. The van der Waals surface area contributed by atoms with Gasteiger partial charge in [0.15, 0.2) is 4.80 Å². The number of nitrogens with zero attached hydrogens (tertiary/aromatic N) is 2. The van der Waals surface area contributed by atoms with Gasteiger partial charge in [0.25, 0.3) is 5.56 Å². The van der Waals surface area contributed by atoms with E-state index in [0.717, 1.165) is 16.9 Å². The molecule has 0 saturated carbocycles. The van der Waals surface area contributed by atoms with Crippen molar-refractivity contribution in [1.82, 2.24) is 4.57 Å². The van der Waals surface area contributed by atoms with E-state index in [2.05, 4.69) is 4.99 Å². The predicted octanol–water partition coefficient (Wildman–Crippen LogP) is 3.01. The topological polar surface area (TPSA) is 96.2 Å². The standard InChI is InChI=1S/C28H24N2O6S/c1-15-23(27(33)35-4)24(17-9-11-18(12-10-17)26(32)34-3)30-25(31)22(37-28(30)29-15)14-20-13-19-7-5-6-8-21(19)36-16(20)2/h5-14,16,24H,1-4H3. The summed E-state index contributed by atoms with van der Waals surface area (Å²) in [6.07, 6.45) is 3.58. The molecule has 0 radical (unpaired) electrons. The fourth-order valence-electron chi connectivity index (χ4n) is 4.50. The second-order valence-electron chi connectivity index (χ2n) is 8.63. The van der Waals surface area contributed by atoms with Gasteiger partial charge in [-0.1, -0.05) is 41.7 Å². The van der Waals surface area contributed by atoms with Crippen molar-refractivity contribution in [3.8, 4) is 5.75 Å². The molecule has 0 saturated heterocycles. The summed E-state index contributed by atoms with van der Waals surface area (Å²) in [5.74, 6) is -0.261. The number of thiazole rings is 1. The van der Waals surface area contributed by atoms with Crippen LogP contribution in [0.25, 0.3) is 12.2 Å². The van der Waals surface area contributed by atoms with Crippen LogP contribution in [0.4, 0.5) is 0 Å². The molecule has 1 aromatic heterocycles. The molecule has 2 aliphatic rings. The number of allylic oxidation sites excluding steroid dienone is 1. The minimum atomic E-state index is -0.771. The maximum Gasteiger partial charge on any atom is 0.338 e. The van der Waals surface area contributed by atoms with Gasteiger partial charge in [0, 0.05) is 5.56 Å². The first-order valence-electron chi connectivity index (χ1n) is 11.6. The Labute approximate surface area is 216 Å². The van der Waals surface area contributed by atoms with E-state index in [1.54, 1.807) is 31.2 Å². The van der Waals surface area contributed by atoms with Crippen molar-refractivity contribution in [3.05, 3.63) is 102 Å². The lowest BCUT2D eigenvalue weighted by molar-refractivity contribution is -0.136. The number of esters is 2. The first kappa shape index (κ1) is 24.5. The number of aromatic nitrogens is 1. The van der Waals surface area contributed by atoms with E-state index in [4.69, 9.17) is 14.2 Å². The lowest BCUT2D eigenvalue weighted by Crippen LogP contribution is -2.40. The van der Waals surface area contributed by atoms with Gasteiger partial charge in [0.1, 0.15) is 11.9 Å². The molecule has 8 nitrogen and oxygen atoms in total. The highest BCUT2D eigenvalue weighted by Crippen LogP contribution is 2.32. The molecule has 0 amide bonds. The van der Waals surface area contributed by atoms with Gasteiger partial charge < -0.3 is 14.2 Å². The predicted molar refractivity (Wildman–Crippen MR) is 139 cm³/mol. The molecular weight excluding hydrogens is 492 g/mol. The molecule has 3 heterocycles. The number of carbonyl (C=O) groups excluding carboxylic acids is 2. The lowest BCUT2D eigenvalue weighted by atomic mass is 9.95. The molecule has 188 valence electrons. The van der Waals surface area contributed by atoms with Crippen molar-refractivity contribution in [2.45, 2.75) is 26.0 Å². The molecule has 5 rings (SSSR count). The quantitative estimate of drug-likeness (QED) is 0.495. The van der Waals surface area contributed by atoms with Crippen LogP contribution in [-0.4, -0.2) is 36.8 Å². The zero-order valence-electron chi connectivity index (χ0n) is 20.7. The van der Waals surface area contributed by atoms with Crippen LogP contribution in [-0.2, 0) is 14.3 Å². The summed E-state index contributed by atoms with van der Waals surface area (Å²) in [5.41, 5.74) is 3.22. The van der Waals surface area contributed by atoms with Crippen molar-refractivity contribution in [1.29, 1.82) is 0 Å². The van der Waals surface area contributed by atoms with E-state index in [-0.39, 0.29) is 17.2 Å². The van der Waals surface area contributed by atoms with Crippen LogP contribution in [0.15, 0.2) is 75.2 Å². The van der Waals surface area contributed by atoms with E-state index in [1.165, 1.54) is 30.1 Å². The van der Waals surface area contributed by atoms with Crippen LogP contribution >= 0.6 is 11.3 Å². The minimum Gasteiger partial charge on any atom is -0.485 e. The summed E-state index contributed by atoms with van der Waals surface area (Å²) in [5, 5.41) is 0. The number of hydrogen-bond donors (Lipinski definition) is 0. The fourth-order valence-corrected chi connectivity index (χ4v) is 5.55. The molecule has 2 atom stereocenters.